The lowest BCUT2D eigenvalue weighted by molar-refractivity contribution is -0.114. The quantitative estimate of drug-likeness (QED) is 0.171. The van der Waals surface area contributed by atoms with E-state index in [0.717, 1.165) is 10.5 Å². The van der Waals surface area contributed by atoms with Crippen LogP contribution in [0.2, 0.25) is 0 Å². The molecule has 1 heterocycles. The van der Waals surface area contributed by atoms with Gasteiger partial charge in [-0.3, -0.25) is 14.4 Å². The molecule has 0 spiro atoms. The zero-order valence-corrected chi connectivity index (χ0v) is 22.1. The number of rotatable bonds is 10. The molecule has 1 aromatic heterocycles. The fourth-order valence-electron chi connectivity index (χ4n) is 3.35. The second-order valence-corrected chi connectivity index (χ2v) is 9.81. The highest BCUT2D eigenvalue weighted by Gasteiger charge is 2.15. The Balaban J connectivity index is 1.35. The number of ether oxygens (including phenoxy) is 1. The van der Waals surface area contributed by atoms with Gasteiger partial charge < -0.3 is 20.7 Å². The van der Waals surface area contributed by atoms with E-state index in [4.69, 9.17) is 4.74 Å². The molecule has 3 amide bonds. The van der Waals surface area contributed by atoms with Crippen LogP contribution < -0.4 is 20.7 Å². The number of hydrogen-bond donors (Lipinski definition) is 3. The lowest BCUT2D eigenvalue weighted by Crippen LogP contribution is -2.30. The smallest absolute Gasteiger partial charge is 0.272 e. The first-order chi connectivity index (χ1) is 18.5. The van der Waals surface area contributed by atoms with Gasteiger partial charge in [0.25, 0.3) is 11.8 Å². The molecule has 0 aliphatic carbocycles. The lowest BCUT2D eigenvalue weighted by Gasteiger charge is -2.11. The monoisotopic (exact) mass is 543 g/mol. The largest absolute Gasteiger partial charge is 0.497 e. The van der Waals surface area contributed by atoms with E-state index < -0.39 is 5.91 Å². The van der Waals surface area contributed by atoms with Gasteiger partial charge in [-0.2, -0.15) is 11.3 Å². The predicted molar refractivity (Wildman–Crippen MR) is 154 cm³/mol. The minimum absolute atomic E-state index is 0.130. The van der Waals surface area contributed by atoms with Crippen LogP contribution in [0.1, 0.15) is 15.9 Å². The van der Waals surface area contributed by atoms with Gasteiger partial charge in [0.1, 0.15) is 11.4 Å². The normalized spacial score (nSPS) is 10.9. The summed E-state index contributed by atoms with van der Waals surface area (Å²) < 4.78 is 5.17. The van der Waals surface area contributed by atoms with Crippen molar-refractivity contribution in [2.24, 2.45) is 0 Å². The van der Waals surface area contributed by atoms with Crippen molar-refractivity contribution < 1.29 is 19.1 Å². The predicted octanol–water partition coefficient (Wildman–Crippen LogP) is 5.90. The van der Waals surface area contributed by atoms with E-state index in [0.29, 0.717) is 22.7 Å². The molecule has 192 valence electrons. The van der Waals surface area contributed by atoms with E-state index in [-0.39, 0.29) is 23.3 Å². The Morgan fingerprint density at radius 1 is 0.895 bits per heavy atom. The summed E-state index contributed by atoms with van der Waals surface area (Å²) in [5.41, 5.74) is 2.62. The molecular formula is C29H25N3O4S2. The zero-order chi connectivity index (χ0) is 26.7. The van der Waals surface area contributed by atoms with Crippen molar-refractivity contribution in [1.29, 1.82) is 0 Å². The van der Waals surface area contributed by atoms with Crippen molar-refractivity contribution in [2.45, 2.75) is 4.90 Å². The molecule has 38 heavy (non-hydrogen) atoms. The first kappa shape index (κ1) is 26.7. The zero-order valence-electron chi connectivity index (χ0n) is 20.5. The maximum Gasteiger partial charge on any atom is 0.272 e. The molecule has 0 unspecified atom stereocenters. The highest BCUT2D eigenvalue weighted by Crippen LogP contribution is 2.22. The van der Waals surface area contributed by atoms with Gasteiger partial charge in [0.15, 0.2) is 0 Å². The summed E-state index contributed by atoms with van der Waals surface area (Å²) in [5, 5.41) is 12.2. The van der Waals surface area contributed by atoms with Gasteiger partial charge in [-0.25, -0.2) is 0 Å². The average molecular weight is 544 g/mol. The number of carbonyl (C=O) groups excluding carboxylic acids is 3. The van der Waals surface area contributed by atoms with Gasteiger partial charge >= 0.3 is 0 Å². The SMILES string of the molecule is COc1cccc(NC(=O)CSc2ccc(NC(=O)/C(=C/c3ccsc3)NC(=O)c3ccccc3)cc2)c1. The van der Waals surface area contributed by atoms with Gasteiger partial charge in [0, 0.05) is 27.9 Å². The van der Waals surface area contributed by atoms with Crippen LogP contribution >= 0.6 is 23.1 Å². The number of nitrogens with one attached hydrogen (secondary N) is 3. The maximum atomic E-state index is 13.1. The number of thiophene rings is 1. The molecule has 0 atom stereocenters. The summed E-state index contributed by atoms with van der Waals surface area (Å²) in [4.78, 5) is 39.0. The number of methoxy groups -OCH3 is 1. The number of anilines is 2. The van der Waals surface area contributed by atoms with Gasteiger partial charge in [0.2, 0.25) is 5.91 Å². The number of benzene rings is 3. The van der Waals surface area contributed by atoms with Gasteiger partial charge in [-0.1, -0.05) is 24.3 Å². The van der Waals surface area contributed by atoms with Crippen LogP contribution in [-0.2, 0) is 9.59 Å². The van der Waals surface area contributed by atoms with Gasteiger partial charge in [0.05, 0.1) is 12.9 Å². The van der Waals surface area contributed by atoms with E-state index in [2.05, 4.69) is 16.0 Å². The molecule has 4 aromatic rings. The molecule has 0 saturated carbocycles. The second-order valence-electron chi connectivity index (χ2n) is 7.98. The molecule has 3 N–H and O–H groups in total. The van der Waals surface area contributed by atoms with Gasteiger partial charge in [-0.05, 0) is 77.0 Å². The Labute approximate surface area is 228 Å². The number of carbonyl (C=O) groups is 3. The first-order valence-corrected chi connectivity index (χ1v) is 13.5. The van der Waals surface area contributed by atoms with Crippen LogP contribution in [0, 0.1) is 0 Å². The van der Waals surface area contributed by atoms with Crippen molar-refractivity contribution in [3.63, 3.8) is 0 Å². The van der Waals surface area contributed by atoms with E-state index in [9.17, 15) is 14.4 Å². The Bertz CT molecular complexity index is 1420. The third kappa shape index (κ3) is 7.83. The van der Waals surface area contributed by atoms with Crippen LogP contribution in [0.4, 0.5) is 11.4 Å². The third-order valence-corrected chi connectivity index (χ3v) is 6.93. The Kier molecular flexibility index (Phi) is 9.33. The lowest BCUT2D eigenvalue weighted by atomic mass is 10.2. The van der Waals surface area contributed by atoms with E-state index >= 15 is 0 Å². The van der Waals surface area contributed by atoms with Crippen molar-refractivity contribution in [3.8, 4) is 5.75 Å². The second kappa shape index (κ2) is 13.3. The van der Waals surface area contributed by atoms with Crippen molar-refractivity contribution in [2.75, 3.05) is 23.5 Å². The Morgan fingerprint density at radius 2 is 1.68 bits per heavy atom. The molecule has 0 saturated heterocycles. The Morgan fingerprint density at radius 3 is 2.39 bits per heavy atom. The summed E-state index contributed by atoms with van der Waals surface area (Å²) in [6.45, 7) is 0. The minimum Gasteiger partial charge on any atom is -0.497 e. The molecule has 9 heteroatoms. The fourth-order valence-corrected chi connectivity index (χ4v) is 4.66. The fraction of sp³-hybridized carbons (Fsp3) is 0.0690. The highest BCUT2D eigenvalue weighted by molar-refractivity contribution is 8.00. The topological polar surface area (TPSA) is 96.5 Å². The summed E-state index contributed by atoms with van der Waals surface area (Å²) in [5.74, 6) is -0.0686. The molecule has 7 nitrogen and oxygen atoms in total. The van der Waals surface area contributed by atoms with E-state index in [1.165, 1.54) is 23.1 Å². The van der Waals surface area contributed by atoms with Crippen LogP contribution in [0.5, 0.6) is 5.75 Å². The van der Waals surface area contributed by atoms with E-state index in [1.54, 1.807) is 61.7 Å². The summed E-state index contributed by atoms with van der Waals surface area (Å²) >= 11 is 2.87. The average Bonchev–Trinajstić information content (AvgIpc) is 3.46. The summed E-state index contributed by atoms with van der Waals surface area (Å²) in [6.07, 6.45) is 1.64. The Hall–Kier alpha value is -4.34. The van der Waals surface area contributed by atoms with Crippen LogP contribution in [-0.4, -0.2) is 30.6 Å². The standard InChI is InChI=1S/C29H25N3O4S2/c1-36-24-9-5-8-23(17-24)30-27(33)19-38-25-12-10-22(11-13-25)31-29(35)26(16-20-14-15-37-18-20)32-28(34)21-6-3-2-4-7-21/h2-18H,19H2,1H3,(H,30,33)(H,31,35)(H,32,34)/b26-16-. The molecule has 0 fully saturated rings. The molecule has 0 aliphatic heterocycles. The summed E-state index contributed by atoms with van der Waals surface area (Å²) in [7, 11) is 1.57. The number of hydrogen-bond acceptors (Lipinski definition) is 6. The highest BCUT2D eigenvalue weighted by atomic mass is 32.2. The van der Waals surface area contributed by atoms with Gasteiger partial charge in [-0.15, -0.1) is 11.8 Å². The van der Waals surface area contributed by atoms with Crippen LogP contribution in [0.3, 0.4) is 0 Å². The molecule has 4 rings (SSSR count). The maximum absolute atomic E-state index is 13.1. The minimum atomic E-state index is -0.446. The van der Waals surface area contributed by atoms with Crippen molar-refractivity contribution >= 4 is 58.3 Å². The van der Waals surface area contributed by atoms with Crippen molar-refractivity contribution in [3.05, 3.63) is 113 Å². The molecular weight excluding hydrogens is 518 g/mol. The molecule has 0 aliphatic rings. The molecule has 0 radical (unpaired) electrons. The molecule has 0 bridgehead atoms. The summed E-state index contributed by atoms with van der Waals surface area (Å²) in [6, 6.07) is 24.9. The first-order valence-electron chi connectivity index (χ1n) is 11.6. The third-order valence-electron chi connectivity index (χ3n) is 5.22. The van der Waals surface area contributed by atoms with Crippen LogP contribution in [0.15, 0.2) is 106 Å². The van der Waals surface area contributed by atoms with Crippen molar-refractivity contribution in [1.82, 2.24) is 5.32 Å². The molecule has 3 aromatic carbocycles. The van der Waals surface area contributed by atoms with Crippen LogP contribution in [0.25, 0.3) is 6.08 Å². The number of amides is 3. The number of thioether (sulfide) groups is 1. The van der Waals surface area contributed by atoms with E-state index in [1.807, 2.05) is 47.2 Å².